The Bertz CT molecular complexity index is 1050. The van der Waals surface area contributed by atoms with E-state index in [9.17, 15) is 19.4 Å². The highest BCUT2D eigenvalue weighted by Crippen LogP contribution is 2.35. The second-order valence-electron chi connectivity index (χ2n) is 6.67. The normalized spacial score (nSPS) is 14.3. The van der Waals surface area contributed by atoms with Crippen LogP contribution < -0.4 is 5.32 Å². The molecule has 0 radical (unpaired) electrons. The first-order valence-corrected chi connectivity index (χ1v) is 8.76. The van der Waals surface area contributed by atoms with E-state index in [2.05, 4.69) is 5.32 Å². The molecule has 3 N–H and O–H groups in total. The van der Waals surface area contributed by atoms with E-state index in [0.717, 1.165) is 41.7 Å². The van der Waals surface area contributed by atoms with E-state index in [1.54, 1.807) is 18.3 Å². The molecule has 0 atom stereocenters. The molecule has 1 aliphatic rings. The van der Waals surface area contributed by atoms with Gasteiger partial charge in [0.25, 0.3) is 0 Å². The van der Waals surface area contributed by atoms with Crippen molar-refractivity contribution in [2.45, 2.75) is 13.0 Å². The van der Waals surface area contributed by atoms with Gasteiger partial charge in [-0.15, -0.1) is 0 Å². The summed E-state index contributed by atoms with van der Waals surface area (Å²) in [6.07, 6.45) is 4.40. The predicted molar refractivity (Wildman–Crippen MR) is 102 cm³/mol. The van der Waals surface area contributed by atoms with Crippen LogP contribution in [0, 0.1) is 5.82 Å². The Balaban J connectivity index is 1.85. The summed E-state index contributed by atoms with van der Waals surface area (Å²) in [6, 6.07) is 9.50. The summed E-state index contributed by atoms with van der Waals surface area (Å²) in [4.78, 5) is 11.7. The maximum absolute atomic E-state index is 13.2. The van der Waals surface area contributed by atoms with E-state index in [1.807, 2.05) is 16.7 Å². The molecule has 0 unspecified atom stereocenters. The van der Waals surface area contributed by atoms with Crippen molar-refractivity contribution in [3.05, 3.63) is 71.2 Å². The monoisotopic (exact) mass is 366 g/mol. The minimum atomic E-state index is -1.05. The van der Waals surface area contributed by atoms with E-state index in [1.165, 1.54) is 18.2 Å². The number of rotatable bonds is 4. The largest absolute Gasteiger partial charge is 0.507 e. The summed E-state index contributed by atoms with van der Waals surface area (Å²) in [6.45, 7) is 1.99. The highest BCUT2D eigenvalue weighted by molar-refractivity contribution is 6.05. The van der Waals surface area contributed by atoms with E-state index in [-0.39, 0.29) is 17.1 Å². The first-order valence-electron chi connectivity index (χ1n) is 8.76. The molecule has 0 saturated heterocycles. The van der Waals surface area contributed by atoms with E-state index >= 15 is 0 Å². The summed E-state index contributed by atoms with van der Waals surface area (Å²) in [5, 5.41) is 23.8. The van der Waals surface area contributed by atoms with Gasteiger partial charge in [-0.1, -0.05) is 18.2 Å². The van der Waals surface area contributed by atoms with Gasteiger partial charge in [0.05, 0.1) is 11.1 Å². The maximum atomic E-state index is 13.2. The van der Waals surface area contributed by atoms with Crippen molar-refractivity contribution in [2.24, 2.45) is 0 Å². The molecule has 6 heteroatoms. The third-order valence-electron chi connectivity index (χ3n) is 4.91. The highest BCUT2D eigenvalue weighted by Gasteiger charge is 2.19. The predicted octanol–water partition coefficient (Wildman–Crippen LogP) is 3.61. The van der Waals surface area contributed by atoms with Crippen LogP contribution >= 0.6 is 0 Å². The smallest absolute Gasteiger partial charge is 0.337 e. The molecule has 4 rings (SSSR count). The van der Waals surface area contributed by atoms with Gasteiger partial charge in [0, 0.05) is 30.2 Å². The van der Waals surface area contributed by atoms with E-state index in [4.69, 9.17) is 0 Å². The number of aromatic carboxylic acids is 1. The van der Waals surface area contributed by atoms with Gasteiger partial charge in [-0.3, -0.25) is 0 Å². The molecule has 2 aromatic carbocycles. The lowest BCUT2D eigenvalue weighted by atomic mass is 9.97. The fraction of sp³-hybridized carbons (Fsp3) is 0.190. The first-order chi connectivity index (χ1) is 13.0. The van der Waals surface area contributed by atoms with Crippen molar-refractivity contribution in [3.8, 4) is 5.75 Å². The van der Waals surface area contributed by atoms with Crippen LogP contribution in [0.2, 0.25) is 0 Å². The molecule has 0 fully saturated rings. The Morgan fingerprint density at radius 1 is 1.22 bits per heavy atom. The SMILES string of the molecule is O=C(O)c1cn(Cc2ccc(F)cc2)c2cc(C3=CCNCC3)c(O)cc12. The lowest BCUT2D eigenvalue weighted by Crippen LogP contribution is -2.20. The highest BCUT2D eigenvalue weighted by atomic mass is 19.1. The zero-order valence-electron chi connectivity index (χ0n) is 14.6. The number of phenols is 1. The van der Waals surface area contributed by atoms with Crippen molar-refractivity contribution in [2.75, 3.05) is 13.1 Å². The Morgan fingerprint density at radius 2 is 2.00 bits per heavy atom. The molecule has 0 saturated carbocycles. The van der Waals surface area contributed by atoms with Crippen molar-refractivity contribution in [3.63, 3.8) is 0 Å². The molecule has 0 spiro atoms. The van der Waals surface area contributed by atoms with Crippen molar-refractivity contribution in [1.82, 2.24) is 9.88 Å². The number of hydrogen-bond donors (Lipinski definition) is 3. The fourth-order valence-electron chi connectivity index (χ4n) is 3.54. The number of nitrogens with zero attached hydrogens (tertiary/aromatic N) is 1. The van der Waals surface area contributed by atoms with Gasteiger partial charge < -0.3 is 20.1 Å². The Hall–Kier alpha value is -3.12. The molecule has 0 amide bonds. The van der Waals surface area contributed by atoms with E-state index < -0.39 is 5.97 Å². The van der Waals surface area contributed by atoms with Crippen molar-refractivity contribution < 1.29 is 19.4 Å². The third-order valence-corrected chi connectivity index (χ3v) is 4.91. The first kappa shape index (κ1) is 17.3. The summed E-state index contributed by atoms with van der Waals surface area (Å²) < 4.78 is 15.0. The van der Waals surface area contributed by atoms with Gasteiger partial charge in [0.2, 0.25) is 0 Å². The molecule has 1 aromatic heterocycles. The van der Waals surface area contributed by atoms with Crippen LogP contribution in [-0.2, 0) is 6.54 Å². The lowest BCUT2D eigenvalue weighted by Gasteiger charge is -2.16. The quantitative estimate of drug-likeness (QED) is 0.659. The van der Waals surface area contributed by atoms with Gasteiger partial charge in [0.1, 0.15) is 11.6 Å². The molecule has 3 aromatic rings. The summed E-state index contributed by atoms with van der Waals surface area (Å²) in [5.74, 6) is -1.28. The van der Waals surface area contributed by atoms with Gasteiger partial charge in [-0.25, -0.2) is 9.18 Å². The number of nitrogens with one attached hydrogen (secondary N) is 1. The lowest BCUT2D eigenvalue weighted by molar-refractivity contribution is 0.0699. The number of benzene rings is 2. The standard InChI is InChI=1S/C21H19FN2O3/c22-15-3-1-13(2-4-15)11-24-12-18(21(26)27)17-10-20(25)16(9-19(17)24)14-5-7-23-8-6-14/h1-5,9-10,12,23,25H,6-8,11H2,(H,26,27). The van der Waals surface area contributed by atoms with E-state index in [0.29, 0.717) is 11.9 Å². The maximum Gasteiger partial charge on any atom is 0.337 e. The summed E-state index contributed by atoms with van der Waals surface area (Å²) in [7, 11) is 0. The Kier molecular flexibility index (Phi) is 4.41. The number of phenolic OH excluding ortho intramolecular Hbond substituents is 1. The van der Waals surface area contributed by atoms with Crippen LogP contribution in [0.5, 0.6) is 5.75 Å². The van der Waals surface area contributed by atoms with Crippen LogP contribution in [0.3, 0.4) is 0 Å². The zero-order valence-corrected chi connectivity index (χ0v) is 14.6. The van der Waals surface area contributed by atoms with Crippen molar-refractivity contribution in [1.29, 1.82) is 0 Å². The molecule has 27 heavy (non-hydrogen) atoms. The van der Waals surface area contributed by atoms with Crippen LogP contribution in [0.4, 0.5) is 4.39 Å². The minimum absolute atomic E-state index is 0.0812. The number of aromatic hydroxyl groups is 1. The van der Waals surface area contributed by atoms with Crippen LogP contribution in [0.15, 0.2) is 48.7 Å². The van der Waals surface area contributed by atoms with Crippen LogP contribution in [0.1, 0.15) is 27.9 Å². The molecule has 0 aliphatic carbocycles. The molecule has 2 heterocycles. The Morgan fingerprint density at radius 3 is 2.67 bits per heavy atom. The minimum Gasteiger partial charge on any atom is -0.507 e. The molecule has 5 nitrogen and oxygen atoms in total. The Labute approximate surface area is 155 Å². The molecule has 138 valence electrons. The number of carboxylic acid groups (broad SMARTS) is 1. The zero-order chi connectivity index (χ0) is 19.0. The average Bonchev–Trinajstić information content (AvgIpc) is 3.01. The van der Waals surface area contributed by atoms with Gasteiger partial charge in [-0.05, 0) is 48.4 Å². The number of aromatic nitrogens is 1. The summed E-state index contributed by atoms with van der Waals surface area (Å²) >= 11 is 0. The third kappa shape index (κ3) is 3.31. The van der Waals surface area contributed by atoms with Gasteiger partial charge >= 0.3 is 5.97 Å². The molecular formula is C21H19FN2O3. The van der Waals surface area contributed by atoms with Crippen molar-refractivity contribution >= 4 is 22.4 Å². The topological polar surface area (TPSA) is 74.5 Å². The average molecular weight is 366 g/mol. The summed E-state index contributed by atoms with van der Waals surface area (Å²) in [5.41, 5.74) is 3.48. The number of hydrogen-bond acceptors (Lipinski definition) is 3. The number of fused-ring (bicyclic) bond motifs is 1. The van der Waals surface area contributed by atoms with Gasteiger partial charge in [0.15, 0.2) is 0 Å². The second-order valence-corrected chi connectivity index (χ2v) is 6.67. The number of carboxylic acids is 1. The molecule has 1 aliphatic heterocycles. The number of halogens is 1. The second kappa shape index (κ2) is 6.89. The molecular weight excluding hydrogens is 347 g/mol. The van der Waals surface area contributed by atoms with Crippen LogP contribution in [-0.4, -0.2) is 33.8 Å². The fourth-order valence-corrected chi connectivity index (χ4v) is 3.54. The van der Waals surface area contributed by atoms with Crippen LogP contribution in [0.25, 0.3) is 16.5 Å². The molecule has 0 bridgehead atoms. The van der Waals surface area contributed by atoms with Gasteiger partial charge in [-0.2, -0.15) is 0 Å². The number of carbonyl (C=O) groups is 1.